The van der Waals surface area contributed by atoms with E-state index in [1.807, 2.05) is 0 Å². The third-order valence-corrected chi connectivity index (χ3v) is 4.24. The molecule has 0 aromatic carbocycles. The molecule has 1 aliphatic heterocycles. The van der Waals surface area contributed by atoms with Crippen LogP contribution in [0, 0.1) is 5.92 Å². The SMILES string of the molecule is O=C1COc2ccc(CN[C@@H]3CC[C@@H](C(=O)O)C[C@@H]3O)nc2N1. The number of hydrogen-bond acceptors (Lipinski definition) is 6. The van der Waals surface area contributed by atoms with Crippen LogP contribution < -0.4 is 15.4 Å². The van der Waals surface area contributed by atoms with Gasteiger partial charge in [0.1, 0.15) is 0 Å². The second kappa shape index (κ2) is 6.51. The Morgan fingerprint density at radius 1 is 1.43 bits per heavy atom. The maximum absolute atomic E-state index is 11.3. The Balaban J connectivity index is 1.58. The van der Waals surface area contributed by atoms with Gasteiger partial charge in [0, 0.05) is 12.6 Å². The fourth-order valence-electron chi connectivity index (χ4n) is 2.95. The number of carbonyl (C=O) groups excluding carboxylic acids is 1. The fraction of sp³-hybridized carbons (Fsp3) is 0.533. The standard InChI is InChI=1S/C15H19N3O5/c19-11-5-8(15(21)22)1-3-10(11)16-6-9-2-4-12-14(17-9)18-13(20)7-23-12/h2,4,8,10-11,16,19H,1,3,5-7H2,(H,21,22)(H,17,18,20)/t8-,10-,11+/m1/s1. The lowest BCUT2D eigenvalue weighted by atomic mass is 9.84. The molecule has 4 N–H and O–H groups in total. The number of aliphatic hydroxyl groups is 1. The predicted molar refractivity (Wildman–Crippen MR) is 80.0 cm³/mol. The molecule has 1 amide bonds. The number of carboxylic acids is 1. The first-order valence-corrected chi connectivity index (χ1v) is 7.60. The number of fused-ring (bicyclic) bond motifs is 1. The molecule has 2 heterocycles. The topological polar surface area (TPSA) is 121 Å². The van der Waals surface area contributed by atoms with Crippen molar-refractivity contribution in [1.82, 2.24) is 10.3 Å². The van der Waals surface area contributed by atoms with Gasteiger partial charge >= 0.3 is 5.97 Å². The summed E-state index contributed by atoms with van der Waals surface area (Å²) in [7, 11) is 0. The molecule has 0 bridgehead atoms. The van der Waals surface area contributed by atoms with Gasteiger partial charge in [0.15, 0.2) is 18.2 Å². The van der Waals surface area contributed by atoms with Crippen molar-refractivity contribution in [2.45, 2.75) is 38.0 Å². The molecular weight excluding hydrogens is 302 g/mol. The number of aromatic nitrogens is 1. The van der Waals surface area contributed by atoms with E-state index in [1.54, 1.807) is 12.1 Å². The number of hydrogen-bond donors (Lipinski definition) is 4. The Kier molecular flexibility index (Phi) is 4.44. The van der Waals surface area contributed by atoms with Crippen LogP contribution in [0.2, 0.25) is 0 Å². The number of pyridine rings is 1. The summed E-state index contributed by atoms with van der Waals surface area (Å²) >= 11 is 0. The first-order chi connectivity index (χ1) is 11.0. The van der Waals surface area contributed by atoms with Crippen LogP contribution in [0.3, 0.4) is 0 Å². The van der Waals surface area contributed by atoms with Crippen LogP contribution in [-0.2, 0) is 16.1 Å². The summed E-state index contributed by atoms with van der Waals surface area (Å²) < 4.78 is 5.25. The number of aliphatic hydroxyl groups excluding tert-OH is 1. The van der Waals surface area contributed by atoms with Crippen LogP contribution >= 0.6 is 0 Å². The normalized spacial score (nSPS) is 26.8. The Morgan fingerprint density at radius 3 is 3.00 bits per heavy atom. The molecule has 3 rings (SSSR count). The van der Waals surface area contributed by atoms with E-state index in [2.05, 4.69) is 15.6 Å². The first-order valence-electron chi connectivity index (χ1n) is 7.60. The van der Waals surface area contributed by atoms with Gasteiger partial charge in [-0.05, 0) is 31.4 Å². The second-order valence-corrected chi connectivity index (χ2v) is 5.89. The molecule has 0 spiro atoms. The van der Waals surface area contributed by atoms with E-state index in [4.69, 9.17) is 9.84 Å². The van der Waals surface area contributed by atoms with Gasteiger partial charge in [-0.2, -0.15) is 0 Å². The third-order valence-electron chi connectivity index (χ3n) is 4.24. The lowest BCUT2D eigenvalue weighted by Gasteiger charge is -2.31. The molecular formula is C15H19N3O5. The summed E-state index contributed by atoms with van der Waals surface area (Å²) in [6.07, 6.45) is 0.716. The minimum Gasteiger partial charge on any atom is -0.481 e. The summed E-state index contributed by atoms with van der Waals surface area (Å²) in [6, 6.07) is 3.38. The molecule has 124 valence electrons. The zero-order valence-electron chi connectivity index (χ0n) is 12.5. The number of ether oxygens (including phenoxy) is 1. The maximum atomic E-state index is 11.3. The minimum atomic E-state index is -0.852. The highest BCUT2D eigenvalue weighted by Gasteiger charge is 2.32. The van der Waals surface area contributed by atoms with Gasteiger partial charge in [-0.1, -0.05) is 0 Å². The van der Waals surface area contributed by atoms with Crippen LogP contribution in [0.5, 0.6) is 5.75 Å². The van der Waals surface area contributed by atoms with Crippen LogP contribution in [-0.4, -0.2) is 45.8 Å². The number of nitrogens with zero attached hydrogens (tertiary/aromatic N) is 1. The van der Waals surface area contributed by atoms with E-state index in [0.29, 0.717) is 36.6 Å². The van der Waals surface area contributed by atoms with Crippen molar-refractivity contribution in [2.75, 3.05) is 11.9 Å². The smallest absolute Gasteiger partial charge is 0.306 e. The summed E-state index contributed by atoms with van der Waals surface area (Å²) in [4.78, 5) is 26.6. The minimum absolute atomic E-state index is 0.00864. The highest BCUT2D eigenvalue weighted by atomic mass is 16.5. The molecule has 23 heavy (non-hydrogen) atoms. The van der Waals surface area contributed by atoms with Gasteiger partial charge in [-0.3, -0.25) is 9.59 Å². The Labute approximate surface area is 132 Å². The molecule has 8 nitrogen and oxygen atoms in total. The highest BCUT2D eigenvalue weighted by molar-refractivity contribution is 5.94. The van der Waals surface area contributed by atoms with Gasteiger partial charge < -0.3 is 25.6 Å². The molecule has 8 heteroatoms. The largest absolute Gasteiger partial charge is 0.481 e. The zero-order valence-corrected chi connectivity index (χ0v) is 12.5. The van der Waals surface area contributed by atoms with Crippen molar-refractivity contribution in [2.24, 2.45) is 5.92 Å². The summed E-state index contributed by atoms with van der Waals surface area (Å²) in [5.74, 6) is -0.629. The number of carboxylic acid groups (broad SMARTS) is 1. The molecule has 3 atom stereocenters. The number of carbonyl (C=O) groups is 2. The number of anilines is 1. The van der Waals surface area contributed by atoms with Gasteiger partial charge in [-0.15, -0.1) is 0 Å². The van der Waals surface area contributed by atoms with Crippen molar-refractivity contribution in [3.8, 4) is 5.75 Å². The van der Waals surface area contributed by atoms with Gasteiger partial charge in [0.2, 0.25) is 0 Å². The van der Waals surface area contributed by atoms with Gasteiger partial charge in [0.25, 0.3) is 5.91 Å². The molecule has 1 aliphatic carbocycles. The number of aliphatic carboxylic acids is 1. The van der Waals surface area contributed by atoms with Gasteiger partial charge in [-0.25, -0.2) is 4.98 Å². The average molecular weight is 321 g/mol. The van der Waals surface area contributed by atoms with Crippen molar-refractivity contribution in [1.29, 1.82) is 0 Å². The van der Waals surface area contributed by atoms with Gasteiger partial charge in [0.05, 0.1) is 17.7 Å². The van der Waals surface area contributed by atoms with E-state index in [-0.39, 0.29) is 25.0 Å². The third kappa shape index (κ3) is 3.59. The number of amides is 1. The van der Waals surface area contributed by atoms with Crippen LogP contribution in [0.15, 0.2) is 12.1 Å². The lowest BCUT2D eigenvalue weighted by Crippen LogP contribution is -2.45. The predicted octanol–water partition coefficient (Wildman–Crippen LogP) is 0.116. The number of rotatable bonds is 4. The Bertz CT molecular complexity index is 621. The lowest BCUT2D eigenvalue weighted by molar-refractivity contribution is -0.144. The molecule has 1 aromatic heterocycles. The Hall–Kier alpha value is -2.19. The van der Waals surface area contributed by atoms with Crippen molar-refractivity contribution in [3.63, 3.8) is 0 Å². The molecule has 0 unspecified atom stereocenters. The molecule has 1 saturated carbocycles. The zero-order chi connectivity index (χ0) is 16.4. The summed E-state index contributed by atoms with van der Waals surface area (Å²) in [6.45, 7) is 0.411. The van der Waals surface area contributed by atoms with E-state index in [9.17, 15) is 14.7 Å². The number of nitrogens with one attached hydrogen (secondary N) is 2. The van der Waals surface area contributed by atoms with Crippen molar-refractivity contribution >= 4 is 17.7 Å². The van der Waals surface area contributed by atoms with E-state index in [0.717, 1.165) is 0 Å². The van der Waals surface area contributed by atoms with E-state index in [1.165, 1.54) is 0 Å². The molecule has 1 fully saturated rings. The monoisotopic (exact) mass is 321 g/mol. The molecule has 0 saturated heterocycles. The summed E-state index contributed by atoms with van der Waals surface area (Å²) in [5, 5.41) is 24.9. The molecule has 1 aromatic rings. The summed E-state index contributed by atoms with van der Waals surface area (Å²) in [5.41, 5.74) is 0.710. The first kappa shape index (κ1) is 15.7. The van der Waals surface area contributed by atoms with Crippen molar-refractivity contribution < 1.29 is 24.5 Å². The van der Waals surface area contributed by atoms with Crippen LogP contribution in [0.1, 0.15) is 25.0 Å². The quantitative estimate of drug-likeness (QED) is 0.621. The molecule has 0 radical (unpaired) electrons. The maximum Gasteiger partial charge on any atom is 0.306 e. The second-order valence-electron chi connectivity index (χ2n) is 5.89. The van der Waals surface area contributed by atoms with E-state index >= 15 is 0 Å². The molecule has 2 aliphatic rings. The van der Waals surface area contributed by atoms with E-state index < -0.39 is 18.0 Å². The fourth-order valence-corrected chi connectivity index (χ4v) is 2.95. The average Bonchev–Trinajstić information content (AvgIpc) is 2.53. The van der Waals surface area contributed by atoms with Crippen LogP contribution in [0.25, 0.3) is 0 Å². The van der Waals surface area contributed by atoms with Crippen LogP contribution in [0.4, 0.5) is 5.82 Å². The van der Waals surface area contributed by atoms with Crippen molar-refractivity contribution in [3.05, 3.63) is 17.8 Å². The Morgan fingerprint density at radius 2 is 2.26 bits per heavy atom. The highest BCUT2D eigenvalue weighted by Crippen LogP contribution is 2.27.